The third kappa shape index (κ3) is 1.91. The number of aliphatic hydroxyl groups excluding tert-OH is 2. The molecular formula is C11H16N6O3. The summed E-state index contributed by atoms with van der Waals surface area (Å²) < 4.78 is 7.10. The first-order valence-corrected chi connectivity index (χ1v) is 6.24. The van der Waals surface area contributed by atoms with Gasteiger partial charge >= 0.3 is 0 Å². The van der Waals surface area contributed by atoms with Crippen molar-refractivity contribution < 1.29 is 14.9 Å². The molecule has 4 atom stereocenters. The molecule has 1 saturated heterocycles. The van der Waals surface area contributed by atoms with Crippen LogP contribution >= 0.6 is 0 Å². The van der Waals surface area contributed by atoms with Gasteiger partial charge in [0.2, 0.25) is 0 Å². The van der Waals surface area contributed by atoms with Crippen LogP contribution in [0.3, 0.4) is 0 Å². The number of rotatable bonds is 2. The minimum atomic E-state index is -1.06. The summed E-state index contributed by atoms with van der Waals surface area (Å²) in [6, 6.07) is -0.507. The summed E-state index contributed by atoms with van der Waals surface area (Å²) in [5.74, 6) is 0.264. The highest BCUT2D eigenvalue weighted by Crippen LogP contribution is 2.27. The number of aliphatic hydroxyl groups is 2. The molecule has 1 aliphatic heterocycles. The second-order valence-electron chi connectivity index (χ2n) is 4.74. The summed E-state index contributed by atoms with van der Waals surface area (Å²) in [6.07, 6.45) is 0.171. The first-order chi connectivity index (χ1) is 9.63. The van der Waals surface area contributed by atoms with Crippen molar-refractivity contribution in [2.75, 3.05) is 18.9 Å². The molecule has 9 nitrogen and oxygen atoms in total. The lowest BCUT2D eigenvalue weighted by Crippen LogP contribution is -2.53. The molecule has 0 bridgehead atoms. The number of nitrogens with two attached hydrogens (primary N) is 2. The number of nitrogens with zero attached hydrogens (tertiary/aromatic N) is 4. The van der Waals surface area contributed by atoms with Gasteiger partial charge in [-0.25, -0.2) is 15.0 Å². The Morgan fingerprint density at radius 2 is 2.10 bits per heavy atom. The molecule has 20 heavy (non-hydrogen) atoms. The first-order valence-electron chi connectivity index (χ1n) is 6.24. The van der Waals surface area contributed by atoms with E-state index in [0.717, 1.165) is 0 Å². The van der Waals surface area contributed by atoms with E-state index in [1.807, 2.05) is 0 Å². The third-order valence-corrected chi connectivity index (χ3v) is 3.58. The average molecular weight is 280 g/mol. The normalized spacial score (nSPS) is 30.8. The number of aromatic nitrogens is 4. The average Bonchev–Trinajstić information content (AvgIpc) is 2.87. The largest absolute Gasteiger partial charge is 0.388 e. The molecule has 0 unspecified atom stereocenters. The Bertz CT molecular complexity index is 617. The summed E-state index contributed by atoms with van der Waals surface area (Å²) in [6.45, 7) is 0.347. The summed E-state index contributed by atoms with van der Waals surface area (Å²) in [7, 11) is 0. The van der Waals surface area contributed by atoms with Crippen molar-refractivity contribution in [3.8, 4) is 0 Å². The monoisotopic (exact) mass is 280 g/mol. The molecule has 1 aliphatic rings. The van der Waals surface area contributed by atoms with Gasteiger partial charge in [-0.15, -0.1) is 0 Å². The van der Waals surface area contributed by atoms with Gasteiger partial charge in [-0.05, 0) is 0 Å². The summed E-state index contributed by atoms with van der Waals surface area (Å²) in [5.41, 5.74) is 12.1. The maximum absolute atomic E-state index is 10.2. The fraction of sp³-hybridized carbons (Fsp3) is 0.545. The molecule has 6 N–H and O–H groups in total. The van der Waals surface area contributed by atoms with Crippen LogP contribution in [0.15, 0.2) is 12.7 Å². The molecular weight excluding hydrogens is 264 g/mol. The van der Waals surface area contributed by atoms with E-state index >= 15 is 0 Å². The lowest BCUT2D eigenvalue weighted by Gasteiger charge is -2.37. The number of fused-ring (bicyclic) bond motifs is 1. The van der Waals surface area contributed by atoms with Gasteiger partial charge in [0.15, 0.2) is 11.5 Å². The van der Waals surface area contributed by atoms with Crippen molar-refractivity contribution in [1.29, 1.82) is 0 Å². The van der Waals surface area contributed by atoms with Gasteiger partial charge in [0, 0.05) is 6.54 Å². The fourth-order valence-electron chi connectivity index (χ4n) is 2.43. The fourth-order valence-corrected chi connectivity index (χ4v) is 2.43. The molecule has 0 amide bonds. The van der Waals surface area contributed by atoms with Gasteiger partial charge in [0.05, 0.1) is 25.1 Å². The highest BCUT2D eigenvalue weighted by atomic mass is 16.5. The molecule has 0 saturated carbocycles. The lowest BCUT2D eigenvalue weighted by atomic mass is 9.98. The van der Waals surface area contributed by atoms with Gasteiger partial charge in [-0.3, -0.25) is 0 Å². The summed E-state index contributed by atoms with van der Waals surface area (Å²) in [5, 5.41) is 20.2. The summed E-state index contributed by atoms with van der Waals surface area (Å²) >= 11 is 0. The van der Waals surface area contributed by atoms with Gasteiger partial charge in [-0.2, -0.15) is 0 Å². The number of hydrogen-bond acceptors (Lipinski definition) is 8. The Kier molecular flexibility index (Phi) is 3.26. The van der Waals surface area contributed by atoms with Crippen LogP contribution < -0.4 is 11.5 Å². The smallest absolute Gasteiger partial charge is 0.165 e. The maximum atomic E-state index is 10.2. The standard InChI is InChI=1S/C11H16N6O3/c12-1-6-9(19)8(18)5(2-20-6)17-4-16-7-10(13)14-3-15-11(7)17/h3-6,8-9,18-19H,1-2,12H2,(H2,13,14,15)/t5-,6-,8+,9-/m1/s1. The second-order valence-corrected chi connectivity index (χ2v) is 4.74. The van der Waals surface area contributed by atoms with Crippen LogP contribution in [0.1, 0.15) is 6.04 Å². The Labute approximate surface area is 114 Å². The SMILES string of the molecule is NC[C@H]1OC[C@@H](n2cnc3c(N)ncnc32)[C@H](O)[C@@H]1O. The van der Waals surface area contributed by atoms with Crippen molar-refractivity contribution in [2.24, 2.45) is 5.73 Å². The van der Waals surface area contributed by atoms with Crippen LogP contribution in [0.2, 0.25) is 0 Å². The van der Waals surface area contributed by atoms with E-state index in [4.69, 9.17) is 16.2 Å². The molecule has 0 aliphatic carbocycles. The zero-order valence-electron chi connectivity index (χ0n) is 10.6. The third-order valence-electron chi connectivity index (χ3n) is 3.58. The van der Waals surface area contributed by atoms with Crippen molar-refractivity contribution in [3.05, 3.63) is 12.7 Å². The van der Waals surface area contributed by atoms with Crippen LogP contribution in [0, 0.1) is 0 Å². The van der Waals surface area contributed by atoms with Crippen LogP contribution in [-0.2, 0) is 4.74 Å². The second kappa shape index (κ2) is 4.94. The van der Waals surface area contributed by atoms with E-state index in [1.54, 1.807) is 4.57 Å². The van der Waals surface area contributed by atoms with Crippen molar-refractivity contribution in [3.63, 3.8) is 0 Å². The van der Waals surface area contributed by atoms with Gasteiger partial charge in [0.25, 0.3) is 0 Å². The number of ether oxygens (including phenoxy) is 1. The Morgan fingerprint density at radius 1 is 1.30 bits per heavy atom. The molecule has 3 rings (SSSR count). The minimum absolute atomic E-state index is 0.144. The van der Waals surface area contributed by atoms with Crippen molar-refractivity contribution in [2.45, 2.75) is 24.4 Å². The molecule has 0 aromatic carbocycles. The molecule has 9 heteroatoms. The van der Waals surface area contributed by atoms with Crippen LogP contribution in [0.5, 0.6) is 0 Å². The van der Waals surface area contributed by atoms with Crippen molar-refractivity contribution in [1.82, 2.24) is 19.5 Å². The van der Waals surface area contributed by atoms with Crippen molar-refractivity contribution >= 4 is 17.0 Å². The predicted molar refractivity (Wildman–Crippen MR) is 69.6 cm³/mol. The highest BCUT2D eigenvalue weighted by Gasteiger charge is 2.39. The molecule has 2 aromatic heterocycles. The van der Waals surface area contributed by atoms with Gasteiger partial charge in [0.1, 0.15) is 24.1 Å². The molecule has 3 heterocycles. The molecule has 108 valence electrons. The summed E-state index contributed by atoms with van der Waals surface area (Å²) in [4.78, 5) is 12.1. The number of nitrogen functional groups attached to an aromatic ring is 1. The number of imidazole rings is 1. The van der Waals surface area contributed by atoms with E-state index in [1.165, 1.54) is 12.7 Å². The van der Waals surface area contributed by atoms with E-state index < -0.39 is 24.4 Å². The van der Waals surface area contributed by atoms with E-state index in [0.29, 0.717) is 11.2 Å². The number of anilines is 1. The molecule has 0 radical (unpaired) electrons. The predicted octanol–water partition coefficient (Wildman–Crippen LogP) is -1.97. The Morgan fingerprint density at radius 3 is 2.85 bits per heavy atom. The zero-order valence-corrected chi connectivity index (χ0v) is 10.6. The highest BCUT2D eigenvalue weighted by molar-refractivity contribution is 5.81. The first kappa shape index (κ1) is 13.2. The van der Waals surface area contributed by atoms with E-state index in [2.05, 4.69) is 15.0 Å². The quantitative estimate of drug-likeness (QED) is 0.495. The topological polar surface area (TPSA) is 145 Å². The molecule has 2 aromatic rings. The van der Waals surface area contributed by atoms with E-state index in [9.17, 15) is 10.2 Å². The number of hydrogen-bond donors (Lipinski definition) is 4. The Hall–Kier alpha value is -1.81. The lowest BCUT2D eigenvalue weighted by molar-refractivity contribution is -0.154. The minimum Gasteiger partial charge on any atom is -0.388 e. The maximum Gasteiger partial charge on any atom is 0.165 e. The van der Waals surface area contributed by atoms with Gasteiger partial charge in [-0.1, -0.05) is 0 Å². The van der Waals surface area contributed by atoms with Gasteiger partial charge < -0.3 is 31.0 Å². The molecule has 1 fully saturated rings. The zero-order chi connectivity index (χ0) is 14.3. The Balaban J connectivity index is 1.97. The van der Waals surface area contributed by atoms with Crippen LogP contribution in [0.25, 0.3) is 11.2 Å². The van der Waals surface area contributed by atoms with E-state index in [-0.39, 0.29) is 19.0 Å². The van der Waals surface area contributed by atoms with Crippen LogP contribution in [-0.4, -0.2) is 61.2 Å². The molecule has 0 spiro atoms. The van der Waals surface area contributed by atoms with Crippen LogP contribution in [0.4, 0.5) is 5.82 Å².